The summed E-state index contributed by atoms with van der Waals surface area (Å²) in [6.07, 6.45) is 7.36. The van der Waals surface area contributed by atoms with Crippen molar-refractivity contribution in [3.8, 4) is 0 Å². The zero-order chi connectivity index (χ0) is 11.4. The van der Waals surface area contributed by atoms with E-state index < -0.39 is 0 Å². The lowest BCUT2D eigenvalue weighted by molar-refractivity contribution is 0.485. The van der Waals surface area contributed by atoms with E-state index in [2.05, 4.69) is 6.92 Å². The fraction of sp³-hybridized carbons (Fsp3) is 0.692. The van der Waals surface area contributed by atoms with Gasteiger partial charge in [0.05, 0.1) is 11.5 Å². The smallest absolute Gasteiger partial charge is 0.118 e. The average molecular weight is 239 g/mol. The first-order valence-corrected chi connectivity index (χ1v) is 7.23. The van der Waals surface area contributed by atoms with Crippen molar-refractivity contribution in [3.05, 3.63) is 24.2 Å². The molecule has 0 spiro atoms. The van der Waals surface area contributed by atoms with Crippen molar-refractivity contribution in [2.75, 3.05) is 5.75 Å². The van der Waals surface area contributed by atoms with Gasteiger partial charge in [0.1, 0.15) is 5.76 Å². The minimum atomic E-state index is 0.151. The van der Waals surface area contributed by atoms with Gasteiger partial charge in [-0.05, 0) is 43.6 Å². The molecule has 0 amide bonds. The van der Waals surface area contributed by atoms with Crippen molar-refractivity contribution >= 4 is 11.8 Å². The van der Waals surface area contributed by atoms with Gasteiger partial charge in [0, 0.05) is 6.04 Å². The Hall–Kier alpha value is -0.410. The van der Waals surface area contributed by atoms with Gasteiger partial charge < -0.3 is 10.2 Å². The van der Waals surface area contributed by atoms with Crippen LogP contribution in [0.1, 0.15) is 43.6 Å². The minimum Gasteiger partial charge on any atom is -0.468 e. The standard InChI is InChI=1S/C13H21NOS/c1-10(14)13(12-7-4-8-15-12)16-9-11-5-2-3-6-11/h4,7-8,10-11,13H,2-3,5-6,9,14H2,1H3. The molecule has 0 aromatic carbocycles. The third-order valence-corrected chi connectivity index (χ3v) is 4.97. The first-order valence-electron chi connectivity index (χ1n) is 6.18. The van der Waals surface area contributed by atoms with E-state index in [0.29, 0.717) is 5.25 Å². The lowest BCUT2D eigenvalue weighted by Crippen LogP contribution is -2.23. The molecule has 1 aliphatic rings. The van der Waals surface area contributed by atoms with Crippen molar-refractivity contribution in [3.63, 3.8) is 0 Å². The molecule has 2 rings (SSSR count). The van der Waals surface area contributed by atoms with E-state index >= 15 is 0 Å². The quantitative estimate of drug-likeness (QED) is 0.853. The number of thioether (sulfide) groups is 1. The van der Waals surface area contributed by atoms with Gasteiger partial charge in [-0.2, -0.15) is 0 Å². The fourth-order valence-electron chi connectivity index (χ4n) is 2.36. The average Bonchev–Trinajstić information content (AvgIpc) is 2.88. The van der Waals surface area contributed by atoms with E-state index in [1.165, 1.54) is 31.4 Å². The largest absolute Gasteiger partial charge is 0.468 e. The van der Waals surface area contributed by atoms with Crippen LogP contribution in [0, 0.1) is 5.92 Å². The third kappa shape index (κ3) is 3.05. The maximum atomic E-state index is 6.03. The summed E-state index contributed by atoms with van der Waals surface area (Å²) in [6.45, 7) is 2.06. The monoisotopic (exact) mass is 239 g/mol. The maximum Gasteiger partial charge on any atom is 0.118 e. The normalized spacial score (nSPS) is 21.1. The molecule has 1 aromatic rings. The van der Waals surface area contributed by atoms with Crippen LogP contribution in [-0.4, -0.2) is 11.8 Å². The van der Waals surface area contributed by atoms with Crippen LogP contribution < -0.4 is 5.73 Å². The van der Waals surface area contributed by atoms with Crippen LogP contribution in [0.4, 0.5) is 0 Å². The van der Waals surface area contributed by atoms with Crippen LogP contribution in [0.5, 0.6) is 0 Å². The summed E-state index contributed by atoms with van der Waals surface area (Å²) >= 11 is 1.97. The van der Waals surface area contributed by atoms with Gasteiger partial charge in [-0.25, -0.2) is 0 Å². The highest BCUT2D eigenvalue weighted by Gasteiger charge is 2.22. The summed E-state index contributed by atoms with van der Waals surface area (Å²) in [6, 6.07) is 4.13. The summed E-state index contributed by atoms with van der Waals surface area (Å²) in [4.78, 5) is 0. The Balaban J connectivity index is 1.88. The molecule has 0 saturated heterocycles. The van der Waals surface area contributed by atoms with E-state index in [0.717, 1.165) is 11.7 Å². The van der Waals surface area contributed by atoms with Crippen LogP contribution in [0.15, 0.2) is 22.8 Å². The Labute approximate surface area is 102 Å². The Morgan fingerprint density at radius 1 is 1.50 bits per heavy atom. The van der Waals surface area contributed by atoms with E-state index in [-0.39, 0.29) is 6.04 Å². The molecular weight excluding hydrogens is 218 g/mol. The molecule has 1 fully saturated rings. The first-order chi connectivity index (χ1) is 7.77. The zero-order valence-corrected chi connectivity index (χ0v) is 10.7. The molecule has 2 atom stereocenters. The number of hydrogen-bond donors (Lipinski definition) is 1. The Morgan fingerprint density at radius 2 is 2.25 bits per heavy atom. The fourth-order valence-corrected chi connectivity index (χ4v) is 3.78. The van der Waals surface area contributed by atoms with Gasteiger partial charge in [-0.3, -0.25) is 0 Å². The predicted molar refractivity (Wildman–Crippen MR) is 69.5 cm³/mol. The summed E-state index contributed by atoms with van der Waals surface area (Å²) in [5.41, 5.74) is 6.03. The minimum absolute atomic E-state index is 0.151. The molecule has 1 aromatic heterocycles. The zero-order valence-electron chi connectivity index (χ0n) is 9.89. The molecule has 90 valence electrons. The number of rotatable bonds is 5. The van der Waals surface area contributed by atoms with Crippen LogP contribution in [0.3, 0.4) is 0 Å². The first kappa shape index (κ1) is 12.1. The highest BCUT2D eigenvalue weighted by Crippen LogP contribution is 2.36. The van der Waals surface area contributed by atoms with Crippen molar-refractivity contribution in [2.24, 2.45) is 11.7 Å². The topological polar surface area (TPSA) is 39.2 Å². The molecule has 1 heterocycles. The second kappa shape index (κ2) is 5.78. The summed E-state index contributed by atoms with van der Waals surface area (Å²) in [5.74, 6) is 3.16. The molecule has 1 aliphatic carbocycles. The van der Waals surface area contributed by atoms with Crippen LogP contribution in [-0.2, 0) is 0 Å². The highest BCUT2D eigenvalue weighted by atomic mass is 32.2. The van der Waals surface area contributed by atoms with Crippen molar-refractivity contribution in [2.45, 2.75) is 43.9 Å². The molecule has 2 N–H and O–H groups in total. The molecule has 0 radical (unpaired) electrons. The number of nitrogens with two attached hydrogens (primary N) is 1. The second-order valence-corrected chi connectivity index (χ2v) is 5.95. The van der Waals surface area contributed by atoms with Gasteiger partial charge in [-0.1, -0.05) is 12.8 Å². The van der Waals surface area contributed by atoms with Crippen molar-refractivity contribution in [1.29, 1.82) is 0 Å². The van der Waals surface area contributed by atoms with Gasteiger partial charge in [0.2, 0.25) is 0 Å². The molecule has 1 saturated carbocycles. The maximum absolute atomic E-state index is 6.03. The summed E-state index contributed by atoms with van der Waals surface area (Å²) in [7, 11) is 0. The lowest BCUT2D eigenvalue weighted by Gasteiger charge is -2.19. The molecule has 2 unspecified atom stereocenters. The Bertz CT molecular complexity index is 291. The van der Waals surface area contributed by atoms with E-state index in [9.17, 15) is 0 Å². The lowest BCUT2D eigenvalue weighted by atomic mass is 10.1. The van der Waals surface area contributed by atoms with Gasteiger partial charge in [0.25, 0.3) is 0 Å². The molecule has 2 nitrogen and oxygen atoms in total. The van der Waals surface area contributed by atoms with Crippen molar-refractivity contribution in [1.82, 2.24) is 0 Å². The van der Waals surface area contributed by atoms with Gasteiger partial charge >= 0.3 is 0 Å². The molecule has 0 aliphatic heterocycles. The van der Waals surface area contributed by atoms with Crippen molar-refractivity contribution < 1.29 is 4.42 Å². The highest BCUT2D eigenvalue weighted by molar-refractivity contribution is 7.99. The Morgan fingerprint density at radius 3 is 2.81 bits per heavy atom. The van der Waals surface area contributed by atoms with E-state index in [1.54, 1.807) is 6.26 Å². The number of hydrogen-bond acceptors (Lipinski definition) is 3. The number of furan rings is 1. The van der Waals surface area contributed by atoms with Gasteiger partial charge in [0.15, 0.2) is 0 Å². The SMILES string of the molecule is CC(N)C(SCC1CCCC1)c1ccco1. The molecule has 16 heavy (non-hydrogen) atoms. The van der Waals surface area contributed by atoms with Crippen LogP contribution >= 0.6 is 11.8 Å². The Kier molecular flexibility index (Phi) is 4.36. The second-order valence-electron chi connectivity index (χ2n) is 4.78. The molecule has 3 heteroatoms. The van der Waals surface area contributed by atoms with Crippen LogP contribution in [0.2, 0.25) is 0 Å². The third-order valence-electron chi connectivity index (χ3n) is 3.29. The molecule has 0 bridgehead atoms. The van der Waals surface area contributed by atoms with Crippen LogP contribution in [0.25, 0.3) is 0 Å². The van der Waals surface area contributed by atoms with Gasteiger partial charge in [-0.15, -0.1) is 11.8 Å². The summed E-state index contributed by atoms with van der Waals surface area (Å²) in [5, 5.41) is 0.315. The molecular formula is C13H21NOS. The summed E-state index contributed by atoms with van der Waals surface area (Å²) < 4.78 is 5.47. The predicted octanol–water partition coefficient (Wildman–Crippen LogP) is 3.59. The van der Waals surface area contributed by atoms with E-state index in [4.69, 9.17) is 10.2 Å². The van der Waals surface area contributed by atoms with E-state index in [1.807, 2.05) is 23.9 Å².